The summed E-state index contributed by atoms with van der Waals surface area (Å²) in [5, 5.41) is 0.874. The first kappa shape index (κ1) is 6.93. The van der Waals surface area contributed by atoms with E-state index in [-0.39, 0.29) is 0 Å². The minimum absolute atomic E-state index is 0.605. The van der Waals surface area contributed by atoms with E-state index >= 15 is 0 Å². The third kappa shape index (κ3) is 1.06. The minimum Gasteiger partial charge on any atom is -0.464 e. The Morgan fingerprint density at radius 2 is 2.33 bits per heavy atom. The lowest BCUT2D eigenvalue weighted by atomic mass is 10.2. The Kier molecular flexibility index (Phi) is 1.56. The molecule has 12 heavy (non-hydrogen) atoms. The number of fused-ring (bicyclic) bond motifs is 1. The van der Waals surface area contributed by atoms with Crippen molar-refractivity contribution in [1.29, 1.82) is 0 Å². The van der Waals surface area contributed by atoms with Crippen molar-refractivity contribution in [2.75, 3.05) is 0 Å². The van der Waals surface area contributed by atoms with Gasteiger partial charge in [0.25, 0.3) is 0 Å². The standard InChI is InChI=1S/C10H4FO/c11-5-3-8-1-2-9-4-6-12-10(9)7-8/h1-2,6-7H. The molecule has 0 atom stereocenters. The van der Waals surface area contributed by atoms with Crippen LogP contribution in [0, 0.1) is 18.2 Å². The van der Waals surface area contributed by atoms with Crippen LogP contribution >= 0.6 is 0 Å². The second-order valence-electron chi connectivity index (χ2n) is 2.31. The molecule has 1 nitrogen and oxygen atoms in total. The van der Waals surface area contributed by atoms with Crippen LogP contribution in [0.25, 0.3) is 11.0 Å². The van der Waals surface area contributed by atoms with Gasteiger partial charge in [-0.1, -0.05) is 0 Å². The second-order valence-corrected chi connectivity index (χ2v) is 2.31. The summed E-state index contributed by atoms with van der Waals surface area (Å²) in [4.78, 5) is 0. The van der Waals surface area contributed by atoms with Gasteiger partial charge in [-0.3, -0.25) is 0 Å². The molecule has 0 amide bonds. The molecule has 0 fully saturated rings. The van der Waals surface area contributed by atoms with Gasteiger partial charge < -0.3 is 4.42 Å². The predicted octanol–water partition coefficient (Wildman–Crippen LogP) is 2.51. The SMILES string of the molecule is FC#Cc1ccc2[c]coc2c1. The molecule has 1 aromatic carbocycles. The fraction of sp³-hybridized carbons (Fsp3) is 0. The molecule has 0 saturated heterocycles. The van der Waals surface area contributed by atoms with Gasteiger partial charge in [0.05, 0.1) is 6.26 Å². The average molecular weight is 159 g/mol. The van der Waals surface area contributed by atoms with E-state index in [2.05, 4.69) is 12.0 Å². The highest BCUT2D eigenvalue weighted by Crippen LogP contribution is 2.15. The fourth-order valence-electron chi connectivity index (χ4n) is 1.03. The molecule has 0 aliphatic carbocycles. The smallest absolute Gasteiger partial charge is 0.135 e. The monoisotopic (exact) mass is 159 g/mol. The van der Waals surface area contributed by atoms with Crippen LogP contribution in [-0.2, 0) is 0 Å². The van der Waals surface area contributed by atoms with Crippen molar-refractivity contribution in [2.24, 2.45) is 0 Å². The number of benzene rings is 1. The number of rotatable bonds is 0. The van der Waals surface area contributed by atoms with Gasteiger partial charge in [0.15, 0.2) is 0 Å². The molecule has 0 aliphatic rings. The van der Waals surface area contributed by atoms with Gasteiger partial charge in [-0.2, -0.15) is 0 Å². The van der Waals surface area contributed by atoms with Crippen molar-refractivity contribution in [3.05, 3.63) is 36.1 Å². The molecule has 0 bridgehead atoms. The molecular weight excluding hydrogens is 155 g/mol. The van der Waals surface area contributed by atoms with E-state index in [1.54, 1.807) is 18.2 Å². The summed E-state index contributed by atoms with van der Waals surface area (Å²) in [7, 11) is 0. The minimum atomic E-state index is 0.605. The summed E-state index contributed by atoms with van der Waals surface area (Å²) < 4.78 is 16.7. The quantitative estimate of drug-likeness (QED) is 0.538. The third-order valence-electron chi connectivity index (χ3n) is 1.57. The van der Waals surface area contributed by atoms with Crippen molar-refractivity contribution in [3.63, 3.8) is 0 Å². The zero-order valence-electron chi connectivity index (χ0n) is 6.10. The summed E-state index contributed by atoms with van der Waals surface area (Å²) in [6.45, 7) is 0. The maximum absolute atomic E-state index is 11.6. The first-order valence-electron chi connectivity index (χ1n) is 3.41. The van der Waals surface area contributed by atoms with Crippen molar-refractivity contribution >= 4 is 11.0 Å². The largest absolute Gasteiger partial charge is 0.464 e. The lowest BCUT2D eigenvalue weighted by Gasteiger charge is -1.88. The molecule has 1 radical (unpaired) electrons. The number of hydrogen-bond donors (Lipinski definition) is 0. The summed E-state index contributed by atoms with van der Waals surface area (Å²) in [6.07, 6.45) is 2.81. The lowest BCUT2D eigenvalue weighted by Crippen LogP contribution is -1.71. The van der Waals surface area contributed by atoms with Crippen molar-refractivity contribution in [2.45, 2.75) is 0 Å². The predicted molar refractivity (Wildman–Crippen MR) is 43.0 cm³/mol. The van der Waals surface area contributed by atoms with E-state index < -0.39 is 0 Å². The highest BCUT2D eigenvalue weighted by Gasteiger charge is 1.96. The first-order valence-corrected chi connectivity index (χ1v) is 3.41. The normalized spacial score (nSPS) is 9.42. The zero-order valence-corrected chi connectivity index (χ0v) is 6.10. The number of furan rings is 1. The Labute approximate surface area is 68.8 Å². The first-order chi connectivity index (χ1) is 5.90. The summed E-state index contributed by atoms with van der Waals surface area (Å²) in [6, 6.07) is 8.07. The molecule has 57 valence electrons. The van der Waals surface area contributed by atoms with Crippen molar-refractivity contribution < 1.29 is 8.81 Å². The molecule has 1 heterocycles. The van der Waals surface area contributed by atoms with Crippen LogP contribution < -0.4 is 0 Å². The maximum Gasteiger partial charge on any atom is 0.135 e. The molecular formula is C10H4FO. The number of hydrogen-bond acceptors (Lipinski definition) is 1. The van der Waals surface area contributed by atoms with Crippen LogP contribution in [0.5, 0.6) is 0 Å². The molecule has 0 spiro atoms. The number of halogens is 1. The molecule has 0 unspecified atom stereocenters. The molecule has 2 heteroatoms. The van der Waals surface area contributed by atoms with E-state index in [0.29, 0.717) is 11.1 Å². The molecule has 1 aromatic heterocycles. The molecule has 0 N–H and O–H groups in total. The summed E-state index contributed by atoms with van der Waals surface area (Å²) in [5.41, 5.74) is 1.28. The van der Waals surface area contributed by atoms with Gasteiger partial charge in [0.2, 0.25) is 0 Å². The van der Waals surface area contributed by atoms with Crippen molar-refractivity contribution in [3.8, 4) is 12.1 Å². The Morgan fingerprint density at radius 1 is 1.42 bits per heavy atom. The van der Waals surface area contributed by atoms with Crippen LogP contribution in [0.2, 0.25) is 0 Å². The van der Waals surface area contributed by atoms with Gasteiger partial charge in [-0.15, -0.1) is 4.39 Å². The summed E-state index contributed by atoms with van der Waals surface area (Å²) in [5.74, 6) is 2.30. The average Bonchev–Trinajstić information content (AvgIpc) is 2.51. The van der Waals surface area contributed by atoms with Crippen LogP contribution in [0.15, 0.2) is 28.9 Å². The van der Waals surface area contributed by atoms with Crippen LogP contribution in [0.4, 0.5) is 4.39 Å². The molecule has 0 aliphatic heterocycles. The fourth-order valence-corrected chi connectivity index (χ4v) is 1.03. The lowest BCUT2D eigenvalue weighted by molar-refractivity contribution is 0.615. The Morgan fingerprint density at radius 3 is 3.17 bits per heavy atom. The van der Waals surface area contributed by atoms with Gasteiger partial charge in [0.1, 0.15) is 11.8 Å². The maximum atomic E-state index is 11.6. The van der Waals surface area contributed by atoms with Crippen molar-refractivity contribution in [1.82, 2.24) is 0 Å². The molecule has 2 rings (SSSR count). The van der Waals surface area contributed by atoms with E-state index in [0.717, 1.165) is 5.39 Å². The van der Waals surface area contributed by atoms with Gasteiger partial charge >= 0.3 is 0 Å². The van der Waals surface area contributed by atoms with Crippen LogP contribution in [0.1, 0.15) is 5.56 Å². The Balaban J connectivity index is 2.65. The van der Waals surface area contributed by atoms with E-state index in [1.165, 1.54) is 12.4 Å². The van der Waals surface area contributed by atoms with Gasteiger partial charge in [0, 0.05) is 17.0 Å². The van der Waals surface area contributed by atoms with Gasteiger partial charge in [-0.25, -0.2) is 0 Å². The third-order valence-corrected chi connectivity index (χ3v) is 1.57. The Hall–Kier alpha value is -1.75. The summed E-state index contributed by atoms with van der Waals surface area (Å²) >= 11 is 0. The second kappa shape index (κ2) is 2.71. The van der Waals surface area contributed by atoms with Gasteiger partial charge in [-0.05, 0) is 24.1 Å². The van der Waals surface area contributed by atoms with Crippen LogP contribution in [-0.4, -0.2) is 0 Å². The van der Waals surface area contributed by atoms with Crippen LogP contribution in [0.3, 0.4) is 0 Å². The molecule has 0 saturated carbocycles. The topological polar surface area (TPSA) is 13.1 Å². The highest BCUT2D eigenvalue weighted by atomic mass is 19.1. The van der Waals surface area contributed by atoms with E-state index in [9.17, 15) is 4.39 Å². The molecule has 2 aromatic rings. The highest BCUT2D eigenvalue weighted by molar-refractivity contribution is 5.77. The zero-order chi connectivity index (χ0) is 8.39. The van der Waals surface area contributed by atoms with E-state index in [1.807, 2.05) is 0 Å². The Bertz CT molecular complexity index is 459. The van der Waals surface area contributed by atoms with E-state index in [4.69, 9.17) is 4.42 Å².